The summed E-state index contributed by atoms with van der Waals surface area (Å²) < 4.78 is 10.3. The highest BCUT2D eigenvalue weighted by atomic mass is 32.1. The highest BCUT2D eigenvalue weighted by Gasteiger charge is 2.29. The van der Waals surface area contributed by atoms with Crippen molar-refractivity contribution in [2.24, 2.45) is 0 Å². The lowest BCUT2D eigenvalue weighted by molar-refractivity contribution is -0.142. The van der Waals surface area contributed by atoms with Crippen molar-refractivity contribution >= 4 is 34.4 Å². The average molecular weight is 468 g/mol. The Morgan fingerprint density at radius 2 is 1.70 bits per heavy atom. The maximum Gasteiger partial charge on any atom is 0.413 e. The number of hydrogen-bond acceptors (Lipinski definition) is 7. The number of carbonyl (C=O) groups is 3. The third kappa shape index (κ3) is 5.36. The molecule has 3 aromatic rings. The average Bonchev–Trinajstić information content (AvgIpc) is 3.40. The molecule has 1 aromatic heterocycles. The molecule has 0 bridgehead atoms. The first-order valence-electron chi connectivity index (χ1n) is 10.2. The number of thiazole rings is 1. The molecule has 0 fully saturated rings. The second-order valence-electron chi connectivity index (χ2n) is 7.19. The SMILES string of the molecule is O=C(O)COCCNC(=O)c1csc(NC(=O)OCC2c3ccccc3-c3ccccc32)n1. The van der Waals surface area contributed by atoms with Crippen molar-refractivity contribution in [3.63, 3.8) is 0 Å². The van der Waals surface area contributed by atoms with Crippen molar-refractivity contribution in [1.29, 1.82) is 0 Å². The zero-order valence-electron chi connectivity index (χ0n) is 17.4. The lowest BCUT2D eigenvalue weighted by Crippen LogP contribution is -2.28. The third-order valence-corrected chi connectivity index (χ3v) is 5.80. The van der Waals surface area contributed by atoms with Crippen LogP contribution in [0.3, 0.4) is 0 Å². The third-order valence-electron chi connectivity index (χ3n) is 5.05. The summed E-state index contributed by atoms with van der Waals surface area (Å²) in [5.41, 5.74) is 4.66. The van der Waals surface area contributed by atoms with E-state index in [1.807, 2.05) is 36.4 Å². The molecule has 0 spiro atoms. The molecule has 170 valence electrons. The molecule has 9 nitrogen and oxygen atoms in total. The van der Waals surface area contributed by atoms with E-state index in [0.717, 1.165) is 33.6 Å². The number of anilines is 1. The first-order valence-corrected chi connectivity index (χ1v) is 11.1. The Hall–Kier alpha value is -3.76. The first kappa shape index (κ1) is 22.4. The number of aliphatic carboxylic acids is 1. The zero-order valence-corrected chi connectivity index (χ0v) is 18.3. The van der Waals surface area contributed by atoms with Gasteiger partial charge in [0.15, 0.2) is 5.13 Å². The number of hydrogen-bond donors (Lipinski definition) is 3. The standard InChI is InChI=1S/C23H21N3O6S/c27-20(28)12-31-10-9-24-21(29)19-13-33-22(25-19)26-23(30)32-11-18-16-7-3-1-5-14(16)15-6-2-4-8-17(15)18/h1-8,13,18H,9-12H2,(H,24,29)(H,27,28)(H,25,26,30). The molecule has 2 amide bonds. The summed E-state index contributed by atoms with van der Waals surface area (Å²) in [4.78, 5) is 38.9. The van der Waals surface area contributed by atoms with Crippen LogP contribution >= 0.6 is 11.3 Å². The topological polar surface area (TPSA) is 127 Å². The molecule has 0 radical (unpaired) electrons. The van der Waals surface area contributed by atoms with Gasteiger partial charge in [-0.05, 0) is 22.3 Å². The number of carboxylic acid groups (broad SMARTS) is 1. The normalized spacial score (nSPS) is 12.0. The van der Waals surface area contributed by atoms with E-state index in [9.17, 15) is 14.4 Å². The Kier molecular flexibility index (Phi) is 6.96. The fraction of sp³-hybridized carbons (Fsp3) is 0.217. The Morgan fingerprint density at radius 1 is 1.03 bits per heavy atom. The number of nitrogens with one attached hydrogen (secondary N) is 2. The van der Waals surface area contributed by atoms with Crippen molar-refractivity contribution < 1.29 is 29.0 Å². The van der Waals surface area contributed by atoms with Gasteiger partial charge in [-0.15, -0.1) is 11.3 Å². The van der Waals surface area contributed by atoms with Crippen molar-refractivity contribution in [1.82, 2.24) is 10.3 Å². The number of nitrogens with zero attached hydrogens (tertiary/aromatic N) is 1. The van der Waals surface area contributed by atoms with E-state index in [-0.39, 0.29) is 36.5 Å². The number of carbonyl (C=O) groups excluding carboxylic acids is 2. The highest BCUT2D eigenvalue weighted by molar-refractivity contribution is 7.14. The summed E-state index contributed by atoms with van der Waals surface area (Å²) in [7, 11) is 0. The second kappa shape index (κ2) is 10.2. The van der Waals surface area contributed by atoms with Crippen LogP contribution in [0.25, 0.3) is 11.1 Å². The van der Waals surface area contributed by atoms with Gasteiger partial charge in [-0.2, -0.15) is 0 Å². The van der Waals surface area contributed by atoms with Gasteiger partial charge >= 0.3 is 12.1 Å². The van der Waals surface area contributed by atoms with Gasteiger partial charge in [0.25, 0.3) is 5.91 Å². The Labute approximate surface area is 193 Å². The number of carboxylic acids is 1. The maximum absolute atomic E-state index is 12.3. The molecule has 10 heteroatoms. The van der Waals surface area contributed by atoms with Crippen LogP contribution in [0, 0.1) is 0 Å². The van der Waals surface area contributed by atoms with Crippen molar-refractivity contribution in [3.05, 3.63) is 70.7 Å². The van der Waals surface area contributed by atoms with Crippen LogP contribution < -0.4 is 10.6 Å². The van der Waals surface area contributed by atoms with Gasteiger partial charge in [0.05, 0.1) is 6.61 Å². The predicted molar refractivity (Wildman–Crippen MR) is 122 cm³/mol. The number of fused-ring (bicyclic) bond motifs is 3. The Morgan fingerprint density at radius 3 is 2.36 bits per heavy atom. The van der Waals surface area contributed by atoms with Crippen LogP contribution in [0.1, 0.15) is 27.5 Å². The van der Waals surface area contributed by atoms with E-state index in [2.05, 4.69) is 27.8 Å². The molecule has 0 aliphatic heterocycles. The van der Waals surface area contributed by atoms with Crippen LogP contribution in [0.2, 0.25) is 0 Å². The predicted octanol–water partition coefficient (Wildman–Crippen LogP) is 3.34. The molecule has 33 heavy (non-hydrogen) atoms. The van der Waals surface area contributed by atoms with Crippen molar-refractivity contribution in [2.45, 2.75) is 5.92 Å². The summed E-state index contributed by atoms with van der Waals surface area (Å²) in [5.74, 6) is -1.58. The summed E-state index contributed by atoms with van der Waals surface area (Å²) in [6.07, 6.45) is -0.653. The van der Waals surface area contributed by atoms with E-state index in [0.29, 0.717) is 0 Å². The summed E-state index contributed by atoms with van der Waals surface area (Å²) in [5, 5.41) is 15.4. The first-order chi connectivity index (χ1) is 16.0. The molecule has 2 aromatic carbocycles. The number of benzene rings is 2. The van der Waals surface area contributed by atoms with Gasteiger partial charge in [-0.25, -0.2) is 14.6 Å². The minimum Gasteiger partial charge on any atom is -0.480 e. The van der Waals surface area contributed by atoms with E-state index < -0.39 is 24.6 Å². The molecule has 0 atom stereocenters. The fourth-order valence-electron chi connectivity index (χ4n) is 3.64. The molecule has 1 aliphatic carbocycles. The van der Waals surface area contributed by atoms with Crippen molar-refractivity contribution in [3.8, 4) is 11.1 Å². The van der Waals surface area contributed by atoms with Gasteiger partial charge in [0, 0.05) is 17.8 Å². The Balaban J connectivity index is 1.28. The summed E-state index contributed by atoms with van der Waals surface area (Å²) in [6, 6.07) is 16.1. The van der Waals surface area contributed by atoms with Gasteiger partial charge in [-0.1, -0.05) is 48.5 Å². The van der Waals surface area contributed by atoms with Crippen LogP contribution in [-0.4, -0.2) is 54.4 Å². The number of ether oxygens (including phenoxy) is 2. The van der Waals surface area contributed by atoms with Crippen LogP contribution in [0.15, 0.2) is 53.9 Å². The van der Waals surface area contributed by atoms with E-state index in [4.69, 9.17) is 14.6 Å². The number of amides is 2. The smallest absolute Gasteiger partial charge is 0.413 e. The molecule has 1 heterocycles. The lowest BCUT2D eigenvalue weighted by Gasteiger charge is -2.14. The minimum atomic E-state index is -1.08. The molecule has 0 unspecified atom stereocenters. The molecule has 1 aliphatic rings. The number of rotatable bonds is 9. The van der Waals surface area contributed by atoms with E-state index in [1.54, 1.807) is 0 Å². The van der Waals surface area contributed by atoms with Gasteiger partial charge in [0.1, 0.15) is 18.9 Å². The summed E-state index contributed by atoms with van der Waals surface area (Å²) in [6.45, 7) is -0.0541. The highest BCUT2D eigenvalue weighted by Crippen LogP contribution is 2.44. The van der Waals surface area contributed by atoms with Gasteiger partial charge in [-0.3, -0.25) is 10.1 Å². The minimum absolute atomic E-state index is 0.0517. The number of aromatic nitrogens is 1. The molecule has 3 N–H and O–H groups in total. The molecule has 0 saturated carbocycles. The fourth-order valence-corrected chi connectivity index (χ4v) is 4.32. The van der Waals surface area contributed by atoms with Crippen LogP contribution in [-0.2, 0) is 14.3 Å². The quantitative estimate of drug-likeness (QED) is 0.412. The van der Waals surface area contributed by atoms with Gasteiger partial charge in [0.2, 0.25) is 0 Å². The second-order valence-corrected chi connectivity index (χ2v) is 8.05. The molecule has 4 rings (SSSR count). The monoisotopic (exact) mass is 467 g/mol. The molecular formula is C23H21N3O6S. The molecule has 0 saturated heterocycles. The van der Waals surface area contributed by atoms with Crippen LogP contribution in [0.5, 0.6) is 0 Å². The van der Waals surface area contributed by atoms with Crippen LogP contribution in [0.4, 0.5) is 9.93 Å². The lowest BCUT2D eigenvalue weighted by atomic mass is 9.98. The van der Waals surface area contributed by atoms with Crippen molar-refractivity contribution in [2.75, 3.05) is 31.7 Å². The summed E-state index contributed by atoms with van der Waals surface area (Å²) >= 11 is 1.10. The molecular weight excluding hydrogens is 446 g/mol. The van der Waals surface area contributed by atoms with E-state index >= 15 is 0 Å². The van der Waals surface area contributed by atoms with Gasteiger partial charge < -0.3 is 19.9 Å². The Bertz CT molecular complexity index is 1130. The van der Waals surface area contributed by atoms with E-state index in [1.165, 1.54) is 5.38 Å². The maximum atomic E-state index is 12.3. The zero-order chi connectivity index (χ0) is 23.2. The largest absolute Gasteiger partial charge is 0.480 e.